The summed E-state index contributed by atoms with van der Waals surface area (Å²) in [5.41, 5.74) is 0.870. The number of methoxy groups -OCH3 is 1. The summed E-state index contributed by atoms with van der Waals surface area (Å²) in [5, 5.41) is 2.76. The topological polar surface area (TPSA) is 103 Å². The van der Waals surface area contributed by atoms with E-state index >= 15 is 0 Å². The lowest BCUT2D eigenvalue weighted by molar-refractivity contribution is 0.102. The van der Waals surface area contributed by atoms with E-state index < -0.39 is 15.9 Å². The first-order chi connectivity index (χ1) is 15.9. The third kappa shape index (κ3) is 5.95. The minimum Gasteiger partial charge on any atom is -0.497 e. The molecule has 0 bridgehead atoms. The Morgan fingerprint density at radius 2 is 1.55 bits per heavy atom. The smallest absolute Gasteiger partial charge is 0.262 e. The number of ether oxygens (including phenoxy) is 3. The molecular formula is C24H26N2O6S. The summed E-state index contributed by atoms with van der Waals surface area (Å²) >= 11 is 0. The zero-order valence-electron chi connectivity index (χ0n) is 18.6. The molecule has 0 atom stereocenters. The van der Waals surface area contributed by atoms with Crippen LogP contribution >= 0.6 is 0 Å². The van der Waals surface area contributed by atoms with Crippen molar-refractivity contribution in [2.75, 3.05) is 30.4 Å². The summed E-state index contributed by atoms with van der Waals surface area (Å²) in [6.45, 7) is 4.40. The number of carbonyl (C=O) groups excluding carboxylic acids is 1. The van der Waals surface area contributed by atoms with Gasteiger partial charge in [0.05, 0.1) is 36.5 Å². The molecule has 0 fully saturated rings. The normalized spacial score (nSPS) is 10.9. The van der Waals surface area contributed by atoms with Gasteiger partial charge in [0.1, 0.15) is 5.75 Å². The van der Waals surface area contributed by atoms with Gasteiger partial charge in [0, 0.05) is 11.8 Å². The SMILES string of the molecule is CCOc1ccc(S(=O)(=O)Nc2ccccc2C(=O)Nc2ccc(OC)cc2)cc1OCC. The molecule has 0 unspecified atom stereocenters. The van der Waals surface area contributed by atoms with Crippen molar-refractivity contribution >= 4 is 27.3 Å². The number of rotatable bonds is 10. The fourth-order valence-electron chi connectivity index (χ4n) is 3.05. The number of nitrogens with one attached hydrogen (secondary N) is 2. The third-order valence-electron chi connectivity index (χ3n) is 4.59. The zero-order chi connectivity index (χ0) is 23.8. The van der Waals surface area contributed by atoms with Gasteiger partial charge in [-0.25, -0.2) is 8.42 Å². The van der Waals surface area contributed by atoms with E-state index in [-0.39, 0.29) is 16.1 Å². The molecule has 0 spiro atoms. The average Bonchev–Trinajstić information content (AvgIpc) is 2.81. The van der Waals surface area contributed by atoms with E-state index in [4.69, 9.17) is 14.2 Å². The summed E-state index contributed by atoms with van der Waals surface area (Å²) in [4.78, 5) is 12.8. The number of amides is 1. The van der Waals surface area contributed by atoms with E-state index in [0.29, 0.717) is 36.1 Å². The van der Waals surface area contributed by atoms with Crippen molar-refractivity contribution in [1.29, 1.82) is 0 Å². The number of para-hydroxylation sites is 1. The fourth-order valence-corrected chi connectivity index (χ4v) is 4.14. The van der Waals surface area contributed by atoms with Crippen LogP contribution in [0.15, 0.2) is 71.6 Å². The van der Waals surface area contributed by atoms with Crippen LogP contribution < -0.4 is 24.2 Å². The Bertz CT molecular complexity index is 1210. The number of benzene rings is 3. The summed E-state index contributed by atoms with van der Waals surface area (Å²) < 4.78 is 44.8. The molecule has 3 aromatic carbocycles. The molecule has 3 aromatic rings. The highest BCUT2D eigenvalue weighted by Gasteiger charge is 2.21. The first-order valence-corrected chi connectivity index (χ1v) is 11.8. The maximum absolute atomic E-state index is 13.1. The van der Waals surface area contributed by atoms with E-state index in [2.05, 4.69) is 10.0 Å². The molecule has 8 nitrogen and oxygen atoms in total. The van der Waals surface area contributed by atoms with Crippen molar-refractivity contribution in [2.24, 2.45) is 0 Å². The van der Waals surface area contributed by atoms with Crippen molar-refractivity contribution < 1.29 is 27.4 Å². The molecule has 0 radical (unpaired) electrons. The van der Waals surface area contributed by atoms with Crippen LogP contribution in [0.25, 0.3) is 0 Å². The highest BCUT2D eigenvalue weighted by molar-refractivity contribution is 7.92. The summed E-state index contributed by atoms with van der Waals surface area (Å²) in [6, 6.07) is 17.6. The van der Waals surface area contributed by atoms with Crippen LogP contribution in [-0.4, -0.2) is 34.6 Å². The van der Waals surface area contributed by atoms with Crippen LogP contribution in [0.2, 0.25) is 0 Å². The molecule has 2 N–H and O–H groups in total. The van der Waals surface area contributed by atoms with E-state index in [1.807, 2.05) is 6.92 Å². The Morgan fingerprint density at radius 1 is 0.879 bits per heavy atom. The predicted octanol–water partition coefficient (Wildman–Crippen LogP) is 4.55. The Balaban J connectivity index is 1.86. The minimum atomic E-state index is -4.01. The Morgan fingerprint density at radius 3 is 2.21 bits per heavy atom. The second-order valence-corrected chi connectivity index (χ2v) is 8.49. The van der Waals surface area contributed by atoms with Gasteiger partial charge in [-0.3, -0.25) is 9.52 Å². The molecule has 0 aromatic heterocycles. The van der Waals surface area contributed by atoms with Gasteiger partial charge in [-0.1, -0.05) is 12.1 Å². The maximum Gasteiger partial charge on any atom is 0.262 e. The molecular weight excluding hydrogens is 444 g/mol. The van der Waals surface area contributed by atoms with Gasteiger partial charge in [0.2, 0.25) is 0 Å². The second kappa shape index (κ2) is 10.7. The number of anilines is 2. The molecule has 1 amide bonds. The number of hydrogen-bond donors (Lipinski definition) is 2. The number of sulfonamides is 1. The first kappa shape index (κ1) is 23.9. The van der Waals surface area contributed by atoms with Crippen molar-refractivity contribution in [3.05, 3.63) is 72.3 Å². The summed E-state index contributed by atoms with van der Waals surface area (Å²) in [7, 11) is -2.45. The lowest BCUT2D eigenvalue weighted by atomic mass is 10.1. The number of hydrogen-bond acceptors (Lipinski definition) is 6. The Labute approximate surface area is 193 Å². The molecule has 0 aliphatic heterocycles. The molecule has 0 aliphatic rings. The van der Waals surface area contributed by atoms with Gasteiger partial charge in [0.25, 0.3) is 15.9 Å². The molecule has 0 saturated carbocycles. The Kier molecular flexibility index (Phi) is 7.78. The Hall–Kier alpha value is -3.72. The van der Waals surface area contributed by atoms with Gasteiger partial charge < -0.3 is 19.5 Å². The summed E-state index contributed by atoms with van der Waals surface area (Å²) in [5.74, 6) is 0.980. The van der Waals surface area contributed by atoms with Gasteiger partial charge in [-0.15, -0.1) is 0 Å². The van der Waals surface area contributed by atoms with Crippen molar-refractivity contribution in [3.63, 3.8) is 0 Å². The van der Waals surface area contributed by atoms with E-state index in [1.54, 1.807) is 62.6 Å². The second-order valence-electron chi connectivity index (χ2n) is 6.81. The first-order valence-electron chi connectivity index (χ1n) is 10.3. The van der Waals surface area contributed by atoms with Crippen LogP contribution in [0.4, 0.5) is 11.4 Å². The van der Waals surface area contributed by atoms with Gasteiger partial charge in [-0.05, 0) is 62.4 Å². The third-order valence-corrected chi connectivity index (χ3v) is 5.95. The quantitative estimate of drug-likeness (QED) is 0.451. The lowest BCUT2D eigenvalue weighted by Crippen LogP contribution is -2.18. The van der Waals surface area contributed by atoms with E-state index in [1.165, 1.54) is 18.2 Å². The fraction of sp³-hybridized carbons (Fsp3) is 0.208. The standard InChI is InChI=1S/C24H26N2O6S/c1-4-31-22-15-14-19(16-23(22)32-5-2)33(28,29)26-21-9-7-6-8-20(21)24(27)25-17-10-12-18(30-3)13-11-17/h6-16,26H,4-5H2,1-3H3,(H,25,27). The predicted molar refractivity (Wildman–Crippen MR) is 127 cm³/mol. The van der Waals surface area contributed by atoms with Crippen LogP contribution in [0.5, 0.6) is 17.2 Å². The minimum absolute atomic E-state index is 0.0141. The number of carbonyl (C=O) groups is 1. The molecule has 9 heteroatoms. The van der Waals surface area contributed by atoms with Crippen LogP contribution in [0.1, 0.15) is 24.2 Å². The summed E-state index contributed by atoms with van der Waals surface area (Å²) in [6.07, 6.45) is 0. The van der Waals surface area contributed by atoms with Crippen LogP contribution in [0, 0.1) is 0 Å². The van der Waals surface area contributed by atoms with E-state index in [9.17, 15) is 13.2 Å². The average molecular weight is 471 g/mol. The largest absolute Gasteiger partial charge is 0.497 e. The maximum atomic E-state index is 13.1. The van der Waals surface area contributed by atoms with Crippen molar-refractivity contribution in [3.8, 4) is 17.2 Å². The monoisotopic (exact) mass is 470 g/mol. The molecule has 174 valence electrons. The van der Waals surface area contributed by atoms with Crippen molar-refractivity contribution in [2.45, 2.75) is 18.7 Å². The van der Waals surface area contributed by atoms with Gasteiger partial charge in [0.15, 0.2) is 11.5 Å². The van der Waals surface area contributed by atoms with Gasteiger partial charge >= 0.3 is 0 Å². The van der Waals surface area contributed by atoms with Gasteiger partial charge in [-0.2, -0.15) is 0 Å². The zero-order valence-corrected chi connectivity index (χ0v) is 19.4. The molecule has 0 saturated heterocycles. The van der Waals surface area contributed by atoms with E-state index in [0.717, 1.165) is 0 Å². The molecule has 0 heterocycles. The van der Waals surface area contributed by atoms with Crippen LogP contribution in [0.3, 0.4) is 0 Å². The lowest BCUT2D eigenvalue weighted by Gasteiger charge is -2.15. The highest BCUT2D eigenvalue weighted by atomic mass is 32.2. The van der Waals surface area contributed by atoms with Crippen molar-refractivity contribution in [1.82, 2.24) is 0 Å². The molecule has 33 heavy (non-hydrogen) atoms. The highest BCUT2D eigenvalue weighted by Crippen LogP contribution is 2.31. The molecule has 0 aliphatic carbocycles. The molecule has 3 rings (SSSR count). The van der Waals surface area contributed by atoms with Crippen LogP contribution in [-0.2, 0) is 10.0 Å².